The van der Waals surface area contributed by atoms with Crippen molar-refractivity contribution in [3.63, 3.8) is 0 Å². The number of hydrogen-bond donors (Lipinski definition) is 1. The van der Waals surface area contributed by atoms with Crippen LogP contribution in [0.15, 0.2) is 30.3 Å². The molecule has 2 nitrogen and oxygen atoms in total. The van der Waals surface area contributed by atoms with Gasteiger partial charge in [-0.3, -0.25) is 4.90 Å². The van der Waals surface area contributed by atoms with Crippen LogP contribution in [0, 0.1) is 0 Å². The number of nitrogens with zero attached hydrogens (tertiary/aromatic N) is 1. The van der Waals surface area contributed by atoms with Crippen molar-refractivity contribution in [3.8, 4) is 0 Å². The molecule has 1 heterocycles. The molecule has 0 spiro atoms. The van der Waals surface area contributed by atoms with Gasteiger partial charge in [0.2, 0.25) is 0 Å². The van der Waals surface area contributed by atoms with Crippen molar-refractivity contribution in [1.29, 1.82) is 0 Å². The number of halogens is 2. The van der Waals surface area contributed by atoms with E-state index >= 15 is 0 Å². The zero-order valence-corrected chi connectivity index (χ0v) is 13.3. The molecule has 19 heavy (non-hydrogen) atoms. The minimum Gasteiger partial charge on any atom is -0.314 e. The molecule has 1 fully saturated rings. The first-order valence-corrected chi connectivity index (χ1v) is 6.91. The van der Waals surface area contributed by atoms with E-state index in [1.165, 1.54) is 37.9 Å². The van der Waals surface area contributed by atoms with Crippen LogP contribution in [0.5, 0.6) is 0 Å². The molecule has 0 bridgehead atoms. The third-order valence-corrected chi connectivity index (χ3v) is 3.61. The van der Waals surface area contributed by atoms with Gasteiger partial charge in [0.05, 0.1) is 0 Å². The SMILES string of the molecule is CCCC[C@@H](c1ccccc1)N1CCNCC1.Cl.Cl. The summed E-state index contributed by atoms with van der Waals surface area (Å²) in [6, 6.07) is 11.6. The molecule has 0 aromatic heterocycles. The fourth-order valence-corrected chi connectivity index (χ4v) is 2.63. The average Bonchev–Trinajstić information content (AvgIpc) is 2.42. The normalized spacial score (nSPS) is 17.1. The topological polar surface area (TPSA) is 15.3 Å². The smallest absolute Gasteiger partial charge is 0.0349 e. The number of rotatable bonds is 5. The maximum atomic E-state index is 3.44. The van der Waals surface area contributed by atoms with Gasteiger partial charge in [-0.25, -0.2) is 0 Å². The highest BCUT2D eigenvalue weighted by Gasteiger charge is 2.21. The Balaban J connectivity index is 0.00000162. The number of unbranched alkanes of at least 4 members (excludes halogenated alkanes) is 1. The van der Waals surface area contributed by atoms with Gasteiger partial charge in [0, 0.05) is 32.2 Å². The van der Waals surface area contributed by atoms with Crippen LogP contribution in [0.1, 0.15) is 37.8 Å². The van der Waals surface area contributed by atoms with E-state index in [9.17, 15) is 0 Å². The van der Waals surface area contributed by atoms with E-state index in [0.717, 1.165) is 13.1 Å². The highest BCUT2D eigenvalue weighted by Crippen LogP contribution is 2.26. The lowest BCUT2D eigenvalue weighted by Gasteiger charge is -2.35. The minimum atomic E-state index is 0. The molecule has 0 unspecified atom stereocenters. The van der Waals surface area contributed by atoms with Gasteiger partial charge in [-0.05, 0) is 12.0 Å². The summed E-state index contributed by atoms with van der Waals surface area (Å²) in [4.78, 5) is 2.64. The molecule has 1 aromatic rings. The Morgan fingerprint density at radius 3 is 2.32 bits per heavy atom. The molecular formula is C15H26Cl2N2. The zero-order chi connectivity index (χ0) is 11.9. The van der Waals surface area contributed by atoms with E-state index in [0.29, 0.717) is 6.04 Å². The van der Waals surface area contributed by atoms with Crippen molar-refractivity contribution in [1.82, 2.24) is 10.2 Å². The summed E-state index contributed by atoms with van der Waals surface area (Å²) in [7, 11) is 0. The van der Waals surface area contributed by atoms with Gasteiger partial charge in [-0.2, -0.15) is 0 Å². The number of hydrogen-bond acceptors (Lipinski definition) is 2. The second-order valence-corrected chi connectivity index (χ2v) is 4.85. The van der Waals surface area contributed by atoms with Gasteiger partial charge in [0.1, 0.15) is 0 Å². The second kappa shape index (κ2) is 10.5. The third kappa shape index (κ3) is 5.70. The fraction of sp³-hybridized carbons (Fsp3) is 0.600. The van der Waals surface area contributed by atoms with E-state index in [1.54, 1.807) is 0 Å². The molecule has 1 aliphatic heterocycles. The van der Waals surface area contributed by atoms with E-state index in [2.05, 4.69) is 47.5 Å². The predicted octanol–water partition coefficient (Wildman–Crippen LogP) is 3.67. The van der Waals surface area contributed by atoms with Gasteiger partial charge in [0.15, 0.2) is 0 Å². The molecule has 0 aliphatic carbocycles. The van der Waals surface area contributed by atoms with Gasteiger partial charge < -0.3 is 5.32 Å². The second-order valence-electron chi connectivity index (χ2n) is 4.85. The van der Waals surface area contributed by atoms with Crippen LogP contribution in [-0.4, -0.2) is 31.1 Å². The highest BCUT2D eigenvalue weighted by molar-refractivity contribution is 5.85. The van der Waals surface area contributed by atoms with Crippen LogP contribution < -0.4 is 5.32 Å². The van der Waals surface area contributed by atoms with Crippen molar-refractivity contribution in [2.45, 2.75) is 32.2 Å². The zero-order valence-electron chi connectivity index (χ0n) is 11.7. The van der Waals surface area contributed by atoms with E-state index in [1.807, 2.05) is 0 Å². The first-order valence-electron chi connectivity index (χ1n) is 6.91. The van der Waals surface area contributed by atoms with Crippen molar-refractivity contribution >= 4 is 24.8 Å². The monoisotopic (exact) mass is 304 g/mol. The maximum Gasteiger partial charge on any atom is 0.0349 e. The van der Waals surface area contributed by atoms with Crippen LogP contribution in [0.4, 0.5) is 0 Å². The first-order chi connectivity index (χ1) is 8.42. The molecule has 1 aliphatic rings. The Morgan fingerprint density at radius 1 is 1.11 bits per heavy atom. The molecule has 1 aromatic carbocycles. The molecule has 110 valence electrons. The summed E-state index contributed by atoms with van der Waals surface area (Å²) in [6.07, 6.45) is 3.90. The fourth-order valence-electron chi connectivity index (χ4n) is 2.63. The molecule has 0 saturated carbocycles. The Bertz CT molecular complexity index is 313. The molecule has 1 saturated heterocycles. The van der Waals surface area contributed by atoms with E-state index in [4.69, 9.17) is 0 Å². The standard InChI is InChI=1S/C15H24N2.2ClH/c1-2-3-9-15(14-7-5-4-6-8-14)17-12-10-16-11-13-17;;/h4-8,15-16H,2-3,9-13H2,1H3;2*1H/t15-;;/m0../s1. The van der Waals surface area contributed by atoms with Crippen LogP contribution >= 0.6 is 24.8 Å². The van der Waals surface area contributed by atoms with E-state index < -0.39 is 0 Å². The lowest BCUT2D eigenvalue weighted by atomic mass is 9.99. The number of benzene rings is 1. The third-order valence-electron chi connectivity index (χ3n) is 3.61. The Hall–Kier alpha value is -0.280. The maximum absolute atomic E-state index is 3.44. The Kier molecular flexibility index (Phi) is 10.3. The minimum absolute atomic E-state index is 0. The van der Waals surface area contributed by atoms with Crippen LogP contribution in [0.3, 0.4) is 0 Å². The summed E-state index contributed by atoms with van der Waals surface area (Å²) in [5.41, 5.74) is 1.49. The van der Waals surface area contributed by atoms with Crippen molar-refractivity contribution in [2.75, 3.05) is 26.2 Å². The lowest BCUT2D eigenvalue weighted by Crippen LogP contribution is -2.45. The summed E-state index contributed by atoms with van der Waals surface area (Å²) in [6.45, 7) is 6.91. The largest absolute Gasteiger partial charge is 0.314 e. The number of nitrogens with one attached hydrogen (secondary N) is 1. The molecule has 2 rings (SSSR count). The summed E-state index contributed by atoms with van der Waals surface area (Å²) in [5, 5.41) is 3.44. The first kappa shape index (κ1) is 18.7. The molecule has 4 heteroatoms. The molecule has 0 amide bonds. The van der Waals surface area contributed by atoms with Crippen molar-refractivity contribution in [3.05, 3.63) is 35.9 Å². The summed E-state index contributed by atoms with van der Waals surface area (Å²) >= 11 is 0. The van der Waals surface area contributed by atoms with Crippen LogP contribution in [-0.2, 0) is 0 Å². The van der Waals surface area contributed by atoms with E-state index in [-0.39, 0.29) is 24.8 Å². The predicted molar refractivity (Wildman–Crippen MR) is 87.6 cm³/mol. The Morgan fingerprint density at radius 2 is 1.74 bits per heavy atom. The summed E-state index contributed by atoms with van der Waals surface area (Å²) in [5.74, 6) is 0. The quantitative estimate of drug-likeness (QED) is 0.893. The van der Waals surface area contributed by atoms with Gasteiger partial charge in [-0.1, -0.05) is 50.1 Å². The van der Waals surface area contributed by atoms with Crippen LogP contribution in [0.2, 0.25) is 0 Å². The van der Waals surface area contributed by atoms with Gasteiger partial charge >= 0.3 is 0 Å². The van der Waals surface area contributed by atoms with Crippen molar-refractivity contribution in [2.24, 2.45) is 0 Å². The van der Waals surface area contributed by atoms with Gasteiger partial charge in [0.25, 0.3) is 0 Å². The molecular weight excluding hydrogens is 279 g/mol. The molecule has 0 radical (unpaired) electrons. The van der Waals surface area contributed by atoms with Gasteiger partial charge in [-0.15, -0.1) is 24.8 Å². The molecule has 1 atom stereocenters. The number of piperazine rings is 1. The van der Waals surface area contributed by atoms with Crippen molar-refractivity contribution < 1.29 is 0 Å². The average molecular weight is 305 g/mol. The summed E-state index contributed by atoms with van der Waals surface area (Å²) < 4.78 is 0. The Labute approximate surface area is 129 Å². The highest BCUT2D eigenvalue weighted by atomic mass is 35.5. The van der Waals surface area contributed by atoms with Crippen LogP contribution in [0.25, 0.3) is 0 Å². The molecule has 1 N–H and O–H groups in total. The lowest BCUT2D eigenvalue weighted by molar-refractivity contribution is 0.163.